The van der Waals surface area contributed by atoms with Crippen molar-refractivity contribution in [1.29, 1.82) is 0 Å². The van der Waals surface area contributed by atoms with Crippen LogP contribution in [0.15, 0.2) is 48.5 Å². The fraction of sp³-hybridized carbons (Fsp3) is 0.0588. The molecule has 0 aliphatic rings. The Morgan fingerprint density at radius 1 is 1.00 bits per heavy atom. The molecule has 0 bridgehead atoms. The Balaban J connectivity index is 2.43. The highest BCUT2D eigenvalue weighted by molar-refractivity contribution is 5.92. The van der Waals surface area contributed by atoms with E-state index in [1.165, 1.54) is 7.11 Å². The van der Waals surface area contributed by atoms with Gasteiger partial charge in [0.25, 0.3) is 0 Å². The second-order valence-corrected chi connectivity index (χ2v) is 3.99. The number of hydrogen-bond donors (Lipinski definition) is 0. The van der Waals surface area contributed by atoms with Gasteiger partial charge in [-0.25, -0.2) is 4.79 Å². The number of rotatable bonds is 2. The molecule has 20 heavy (non-hydrogen) atoms. The predicted octanol–water partition coefficient (Wildman–Crippen LogP) is 2.69. The third-order valence-corrected chi connectivity index (χ3v) is 2.75. The Morgan fingerprint density at radius 2 is 1.60 bits per heavy atom. The number of benzene rings is 2. The normalized spacial score (nSPS) is 9.25. The van der Waals surface area contributed by atoms with Crippen molar-refractivity contribution in [3.63, 3.8) is 0 Å². The van der Waals surface area contributed by atoms with Crippen LogP contribution in [0.5, 0.6) is 0 Å². The van der Waals surface area contributed by atoms with E-state index in [0.717, 1.165) is 6.29 Å². The fourth-order valence-corrected chi connectivity index (χ4v) is 1.73. The first-order valence-corrected chi connectivity index (χ1v) is 6.00. The number of carbonyl (C=O) groups is 2. The lowest BCUT2D eigenvalue weighted by Crippen LogP contribution is -2.03. The zero-order valence-corrected chi connectivity index (χ0v) is 10.9. The van der Waals surface area contributed by atoms with Crippen LogP contribution in [0, 0.1) is 11.8 Å². The molecule has 0 aliphatic carbocycles. The van der Waals surface area contributed by atoms with Gasteiger partial charge in [-0.3, -0.25) is 4.79 Å². The van der Waals surface area contributed by atoms with E-state index in [2.05, 4.69) is 11.8 Å². The van der Waals surface area contributed by atoms with Crippen LogP contribution in [-0.4, -0.2) is 19.4 Å². The molecule has 0 amide bonds. The van der Waals surface area contributed by atoms with Crippen LogP contribution in [0.1, 0.15) is 31.8 Å². The summed E-state index contributed by atoms with van der Waals surface area (Å²) in [6, 6.07) is 14.0. The van der Waals surface area contributed by atoms with Gasteiger partial charge in [-0.1, -0.05) is 42.2 Å². The van der Waals surface area contributed by atoms with E-state index in [0.29, 0.717) is 22.3 Å². The maximum Gasteiger partial charge on any atom is 0.339 e. The number of hydrogen-bond acceptors (Lipinski definition) is 3. The number of ether oxygens (including phenoxy) is 1. The van der Waals surface area contributed by atoms with E-state index in [4.69, 9.17) is 4.74 Å². The Labute approximate surface area is 117 Å². The molecule has 0 unspecified atom stereocenters. The largest absolute Gasteiger partial charge is 0.465 e. The molecule has 3 nitrogen and oxygen atoms in total. The van der Waals surface area contributed by atoms with Gasteiger partial charge in [0.05, 0.1) is 12.7 Å². The average molecular weight is 264 g/mol. The highest BCUT2D eigenvalue weighted by Gasteiger charge is 2.08. The summed E-state index contributed by atoms with van der Waals surface area (Å²) in [5.41, 5.74) is 2.13. The van der Waals surface area contributed by atoms with Crippen molar-refractivity contribution in [1.82, 2.24) is 0 Å². The van der Waals surface area contributed by atoms with E-state index >= 15 is 0 Å². The maximum atomic E-state index is 11.6. The first kappa shape index (κ1) is 13.6. The standard InChI is InChI=1S/C17H12O3/c1-20-17(19)16-9-5-4-7-14(16)11-10-13-6-2-3-8-15(13)12-18/h2-9,12H,1H3. The molecule has 0 aromatic heterocycles. The molecule has 0 fully saturated rings. The lowest BCUT2D eigenvalue weighted by atomic mass is 10.1. The highest BCUT2D eigenvalue weighted by Crippen LogP contribution is 2.10. The third kappa shape index (κ3) is 2.93. The van der Waals surface area contributed by atoms with Crippen molar-refractivity contribution in [2.24, 2.45) is 0 Å². The molecule has 0 radical (unpaired) electrons. The Kier molecular flexibility index (Phi) is 4.31. The van der Waals surface area contributed by atoms with E-state index in [1.54, 1.807) is 42.5 Å². The molecule has 0 saturated carbocycles. The summed E-state index contributed by atoms with van der Waals surface area (Å²) in [6.45, 7) is 0. The number of aldehydes is 1. The van der Waals surface area contributed by atoms with Crippen LogP contribution in [0.25, 0.3) is 0 Å². The van der Waals surface area contributed by atoms with Crippen LogP contribution >= 0.6 is 0 Å². The quantitative estimate of drug-likeness (QED) is 0.476. The zero-order valence-electron chi connectivity index (χ0n) is 10.9. The smallest absolute Gasteiger partial charge is 0.339 e. The molecule has 98 valence electrons. The highest BCUT2D eigenvalue weighted by atomic mass is 16.5. The third-order valence-electron chi connectivity index (χ3n) is 2.75. The lowest BCUT2D eigenvalue weighted by Gasteiger charge is -2.01. The molecule has 3 heteroatoms. The first-order chi connectivity index (χ1) is 9.76. The zero-order chi connectivity index (χ0) is 14.4. The monoisotopic (exact) mass is 264 g/mol. The number of methoxy groups -OCH3 is 1. The summed E-state index contributed by atoms with van der Waals surface area (Å²) >= 11 is 0. The number of carbonyl (C=O) groups excluding carboxylic acids is 2. The van der Waals surface area contributed by atoms with Crippen molar-refractivity contribution in [2.75, 3.05) is 7.11 Å². The van der Waals surface area contributed by atoms with Gasteiger partial charge in [-0.15, -0.1) is 0 Å². The predicted molar refractivity (Wildman–Crippen MR) is 75.6 cm³/mol. The molecule has 2 rings (SSSR count). The molecule has 0 saturated heterocycles. The van der Waals surface area contributed by atoms with Crippen molar-refractivity contribution < 1.29 is 14.3 Å². The Morgan fingerprint density at radius 3 is 2.30 bits per heavy atom. The van der Waals surface area contributed by atoms with Crippen molar-refractivity contribution >= 4 is 12.3 Å². The summed E-state index contributed by atoms with van der Waals surface area (Å²) in [5, 5.41) is 0. The second kappa shape index (κ2) is 6.35. The van der Waals surface area contributed by atoms with E-state index in [-0.39, 0.29) is 0 Å². The lowest BCUT2D eigenvalue weighted by molar-refractivity contribution is 0.0600. The summed E-state index contributed by atoms with van der Waals surface area (Å²) < 4.78 is 4.71. The first-order valence-electron chi connectivity index (χ1n) is 6.00. The van der Waals surface area contributed by atoms with E-state index in [1.807, 2.05) is 6.07 Å². The van der Waals surface area contributed by atoms with Gasteiger partial charge < -0.3 is 4.74 Å². The van der Waals surface area contributed by atoms with E-state index < -0.39 is 5.97 Å². The Bertz CT molecular complexity index is 705. The second-order valence-electron chi connectivity index (χ2n) is 3.99. The average Bonchev–Trinajstić information content (AvgIpc) is 2.52. The molecule has 0 spiro atoms. The SMILES string of the molecule is COC(=O)c1ccccc1C#Cc1ccccc1C=O. The van der Waals surface area contributed by atoms with Crippen molar-refractivity contribution in [3.8, 4) is 11.8 Å². The minimum absolute atomic E-state index is 0.408. The topological polar surface area (TPSA) is 43.4 Å². The summed E-state index contributed by atoms with van der Waals surface area (Å²) in [4.78, 5) is 22.5. The minimum Gasteiger partial charge on any atom is -0.465 e. The maximum absolute atomic E-state index is 11.6. The van der Waals surface area contributed by atoms with Gasteiger partial charge >= 0.3 is 5.97 Å². The molecule has 2 aromatic carbocycles. The molecule has 0 heterocycles. The van der Waals surface area contributed by atoms with Gasteiger partial charge in [-0.05, 0) is 18.2 Å². The molecule has 2 aromatic rings. The summed E-state index contributed by atoms with van der Waals surface area (Å²) in [7, 11) is 1.33. The molecule has 0 aliphatic heterocycles. The molecule has 0 atom stereocenters. The Hall–Kier alpha value is -2.86. The van der Waals surface area contributed by atoms with Crippen LogP contribution in [-0.2, 0) is 4.74 Å². The van der Waals surface area contributed by atoms with Crippen LogP contribution in [0.3, 0.4) is 0 Å². The molecule has 0 N–H and O–H groups in total. The van der Waals surface area contributed by atoms with Crippen molar-refractivity contribution in [3.05, 3.63) is 70.8 Å². The number of esters is 1. The molecular weight excluding hydrogens is 252 g/mol. The van der Waals surface area contributed by atoms with Gasteiger partial charge in [0.2, 0.25) is 0 Å². The van der Waals surface area contributed by atoms with Gasteiger partial charge in [-0.2, -0.15) is 0 Å². The summed E-state index contributed by atoms with van der Waals surface area (Å²) in [5.74, 6) is 5.39. The fourth-order valence-electron chi connectivity index (χ4n) is 1.73. The van der Waals surface area contributed by atoms with E-state index in [9.17, 15) is 9.59 Å². The van der Waals surface area contributed by atoms with Crippen LogP contribution in [0.2, 0.25) is 0 Å². The van der Waals surface area contributed by atoms with Crippen molar-refractivity contribution in [2.45, 2.75) is 0 Å². The van der Waals surface area contributed by atoms with Gasteiger partial charge in [0.15, 0.2) is 6.29 Å². The van der Waals surface area contributed by atoms with Crippen LogP contribution in [0.4, 0.5) is 0 Å². The van der Waals surface area contributed by atoms with Crippen LogP contribution < -0.4 is 0 Å². The van der Waals surface area contributed by atoms with Gasteiger partial charge in [0, 0.05) is 16.7 Å². The molecular formula is C17H12O3. The van der Waals surface area contributed by atoms with Gasteiger partial charge in [0.1, 0.15) is 0 Å². The summed E-state index contributed by atoms with van der Waals surface area (Å²) in [6.07, 6.45) is 0.760. The minimum atomic E-state index is -0.432.